The number of aromatic nitrogens is 2. The molecule has 0 fully saturated rings. The predicted molar refractivity (Wildman–Crippen MR) is 209 cm³/mol. The van der Waals surface area contributed by atoms with Crippen LogP contribution in [0.3, 0.4) is 0 Å². The smallest absolute Gasteiger partial charge is 0.383 e. The Balaban J connectivity index is 1.23. The molecule has 0 aliphatic rings. The Labute approximate surface area is 294 Å². The Morgan fingerprint density at radius 2 is 0.812 bits per heavy atom. The third kappa shape index (κ3) is 7.83. The van der Waals surface area contributed by atoms with Crippen molar-refractivity contribution in [2.45, 2.75) is 52.4 Å². The van der Waals surface area contributed by atoms with Gasteiger partial charge in [-0.2, -0.15) is 0 Å². The second-order valence-corrected chi connectivity index (χ2v) is 29.5. The molecule has 252 valence electrons. The van der Waals surface area contributed by atoms with E-state index < -0.39 is 34.2 Å². The molecule has 6 aromatic rings. The van der Waals surface area contributed by atoms with Crippen molar-refractivity contribution in [3.05, 3.63) is 72.8 Å². The molecule has 6 rings (SSSR count). The number of nitrogens with zero attached hydrogens (tertiary/aromatic N) is 2. The zero-order valence-electron chi connectivity index (χ0n) is 29.1. The fourth-order valence-electron chi connectivity index (χ4n) is 5.63. The van der Waals surface area contributed by atoms with Crippen molar-refractivity contribution in [2.75, 3.05) is 14.2 Å². The highest BCUT2D eigenvalue weighted by molar-refractivity contribution is 7.24. The number of hydrogen-bond acceptors (Lipinski definition) is 10. The van der Waals surface area contributed by atoms with Crippen molar-refractivity contribution in [3.63, 3.8) is 0 Å². The van der Waals surface area contributed by atoms with Gasteiger partial charge in [-0.3, -0.25) is 0 Å². The van der Waals surface area contributed by atoms with Crippen molar-refractivity contribution in [1.29, 1.82) is 0 Å². The number of rotatable bonds is 12. The lowest BCUT2D eigenvalue weighted by molar-refractivity contribution is 0.280. The number of thiazole rings is 2. The predicted octanol–water partition coefficient (Wildman–Crippen LogP) is 10.3. The SMILES string of the molecule is CO[Si](C)(C)O[Si](C)(C)Oc1ccc(-c2nc3ccc4c(ccc5nc(-c6ccc(O[Si](C)(C)O[Si](C)(C)OC)cc6)sc54)c3s2)cc1. The lowest BCUT2D eigenvalue weighted by Crippen LogP contribution is -2.49. The van der Waals surface area contributed by atoms with E-state index in [1.165, 1.54) is 20.2 Å². The Morgan fingerprint density at radius 3 is 1.15 bits per heavy atom. The van der Waals surface area contributed by atoms with Gasteiger partial charge in [0.2, 0.25) is 0 Å². The van der Waals surface area contributed by atoms with Gasteiger partial charge in [0.1, 0.15) is 21.5 Å². The highest BCUT2D eigenvalue weighted by Gasteiger charge is 2.38. The largest absolute Gasteiger partial charge is 0.521 e. The fraction of sp³-hybridized carbons (Fsp3) is 0.294. The summed E-state index contributed by atoms with van der Waals surface area (Å²) in [5.74, 6) is 1.58. The van der Waals surface area contributed by atoms with Crippen LogP contribution in [0.5, 0.6) is 11.5 Å². The van der Waals surface area contributed by atoms with E-state index in [4.69, 9.17) is 35.9 Å². The minimum atomic E-state index is -2.41. The zero-order chi connectivity index (χ0) is 34.5. The first-order valence-corrected chi connectivity index (χ1v) is 28.7. The summed E-state index contributed by atoms with van der Waals surface area (Å²) in [5, 5.41) is 4.32. The van der Waals surface area contributed by atoms with Crippen LogP contribution in [0, 0.1) is 0 Å². The summed E-state index contributed by atoms with van der Waals surface area (Å²) >= 11 is 3.42. The summed E-state index contributed by atoms with van der Waals surface area (Å²) in [7, 11) is -5.83. The van der Waals surface area contributed by atoms with E-state index in [0.717, 1.165) is 43.7 Å². The molecule has 48 heavy (non-hydrogen) atoms. The molecule has 0 amide bonds. The average molecular weight is 751 g/mol. The van der Waals surface area contributed by atoms with Crippen molar-refractivity contribution in [3.8, 4) is 32.6 Å². The maximum atomic E-state index is 6.30. The molecule has 8 nitrogen and oxygen atoms in total. The number of fused-ring (bicyclic) bond motifs is 5. The van der Waals surface area contributed by atoms with Gasteiger partial charge in [0.15, 0.2) is 0 Å². The molecule has 14 heteroatoms. The molecule has 0 atom stereocenters. The van der Waals surface area contributed by atoms with Crippen molar-refractivity contribution in [1.82, 2.24) is 9.97 Å². The molecule has 4 aromatic carbocycles. The van der Waals surface area contributed by atoms with Crippen LogP contribution < -0.4 is 8.85 Å². The molecule has 0 aliphatic heterocycles. The lowest BCUT2D eigenvalue weighted by atomic mass is 10.1. The van der Waals surface area contributed by atoms with E-state index in [-0.39, 0.29) is 0 Å². The third-order valence-electron chi connectivity index (χ3n) is 7.80. The number of benzene rings is 4. The maximum Gasteiger partial charge on any atom is 0.383 e. The Kier molecular flexibility index (Phi) is 9.62. The molecule has 2 aromatic heterocycles. The molecule has 0 radical (unpaired) electrons. The van der Waals surface area contributed by atoms with E-state index in [2.05, 4.69) is 48.5 Å². The van der Waals surface area contributed by atoms with Crippen molar-refractivity contribution in [2.24, 2.45) is 0 Å². The van der Waals surface area contributed by atoms with Crippen molar-refractivity contribution >= 4 is 88.1 Å². The molecule has 0 saturated heterocycles. The summed E-state index contributed by atoms with van der Waals surface area (Å²) < 4.78 is 38.7. The van der Waals surface area contributed by atoms with Crippen LogP contribution in [-0.4, -0.2) is 58.4 Å². The van der Waals surface area contributed by atoms with Crippen molar-refractivity contribution < 1.29 is 25.9 Å². The molecule has 0 unspecified atom stereocenters. The first-order chi connectivity index (χ1) is 22.6. The average Bonchev–Trinajstić information content (AvgIpc) is 3.65. The van der Waals surface area contributed by atoms with Gasteiger partial charge in [-0.1, -0.05) is 12.1 Å². The van der Waals surface area contributed by atoms with Gasteiger partial charge in [0, 0.05) is 36.1 Å². The number of hydrogen-bond donors (Lipinski definition) is 0. The van der Waals surface area contributed by atoms with Crippen LogP contribution in [0.1, 0.15) is 0 Å². The minimum Gasteiger partial charge on any atom is -0.521 e. The maximum absolute atomic E-state index is 6.30. The standard InChI is InChI=1S/C34H42N2O6S2Si4/c1-37-45(3,4)41-47(7,8)39-25-15-11-23(12-16-25)33-35-29-21-19-28-27(31(29)43-33)20-22-30-32(28)44-34(36-30)24-13-17-26(18-14-24)40-48(9,10)42-46(5,6)38-2/h11-22H,1-10H3. The summed E-state index contributed by atoms with van der Waals surface area (Å²) in [6, 6.07) is 24.9. The monoisotopic (exact) mass is 750 g/mol. The van der Waals surface area contributed by atoms with Gasteiger partial charge >= 0.3 is 34.2 Å². The first-order valence-electron chi connectivity index (χ1n) is 15.8. The molecule has 0 saturated carbocycles. The van der Waals surface area contributed by atoms with Gasteiger partial charge in [-0.15, -0.1) is 22.7 Å². The zero-order valence-corrected chi connectivity index (χ0v) is 34.7. The van der Waals surface area contributed by atoms with E-state index in [0.29, 0.717) is 0 Å². The molecule has 2 heterocycles. The molecular formula is C34H42N2O6S2Si4. The normalized spacial score (nSPS) is 13.1. The van der Waals surface area contributed by atoms with Gasteiger partial charge < -0.3 is 25.9 Å². The van der Waals surface area contributed by atoms with Gasteiger partial charge in [-0.25, -0.2) is 9.97 Å². The topological polar surface area (TPSA) is 81.2 Å². The van der Waals surface area contributed by atoms with Crippen LogP contribution >= 0.6 is 22.7 Å². The van der Waals surface area contributed by atoms with E-state index >= 15 is 0 Å². The summed E-state index contributed by atoms with van der Waals surface area (Å²) in [6.07, 6.45) is 0. The molecule has 0 aliphatic carbocycles. The summed E-state index contributed by atoms with van der Waals surface area (Å²) in [6.45, 7) is 16.3. The second-order valence-electron chi connectivity index (χ2n) is 13.4. The molecular weight excluding hydrogens is 709 g/mol. The van der Waals surface area contributed by atoms with Gasteiger partial charge in [0.25, 0.3) is 0 Å². The minimum absolute atomic E-state index is 0.792. The molecule has 0 bridgehead atoms. The molecule has 0 N–H and O–H groups in total. The first kappa shape index (κ1) is 35.1. The highest BCUT2D eigenvalue weighted by Crippen LogP contribution is 2.41. The molecule has 0 spiro atoms. The lowest BCUT2D eigenvalue weighted by Gasteiger charge is -2.31. The van der Waals surface area contributed by atoms with E-state index in [1.807, 2.05) is 76.6 Å². The van der Waals surface area contributed by atoms with E-state index in [9.17, 15) is 0 Å². The summed E-state index contributed by atoms with van der Waals surface area (Å²) in [4.78, 5) is 10.0. The van der Waals surface area contributed by atoms with Gasteiger partial charge in [0.05, 0.1) is 20.4 Å². The van der Waals surface area contributed by atoms with Crippen LogP contribution in [0.2, 0.25) is 52.4 Å². The van der Waals surface area contributed by atoms with Gasteiger partial charge in [-0.05, 0) is 113 Å². The van der Waals surface area contributed by atoms with Crippen LogP contribution in [0.25, 0.3) is 52.3 Å². The van der Waals surface area contributed by atoms with Crippen LogP contribution in [-0.2, 0) is 17.1 Å². The van der Waals surface area contributed by atoms with Crippen LogP contribution in [0.4, 0.5) is 0 Å². The Bertz CT molecular complexity index is 1930. The Morgan fingerprint density at radius 1 is 0.458 bits per heavy atom. The highest BCUT2D eigenvalue weighted by atomic mass is 32.1. The second kappa shape index (κ2) is 13.2. The third-order valence-corrected chi connectivity index (χ3v) is 21.4. The summed E-state index contributed by atoms with van der Waals surface area (Å²) in [5.41, 5.74) is 4.09. The Hall–Kier alpha value is -2.77. The van der Waals surface area contributed by atoms with Crippen LogP contribution in [0.15, 0.2) is 72.8 Å². The quantitative estimate of drug-likeness (QED) is 0.114. The fourth-order valence-corrected chi connectivity index (χ4v) is 19.7. The van der Waals surface area contributed by atoms with E-state index in [1.54, 1.807) is 36.9 Å².